The first kappa shape index (κ1) is 24.9. The number of piperazine rings is 1. The van der Waals surface area contributed by atoms with Gasteiger partial charge in [0, 0.05) is 43.1 Å². The minimum absolute atomic E-state index is 0.247. The van der Waals surface area contributed by atoms with E-state index in [0.29, 0.717) is 43.2 Å². The first-order chi connectivity index (χ1) is 16.0. The van der Waals surface area contributed by atoms with Crippen LogP contribution in [0.3, 0.4) is 0 Å². The molecule has 182 valence electrons. The monoisotopic (exact) mass is 469 g/mol. The molecule has 1 saturated heterocycles. The number of anilines is 2. The number of carbonyl (C=O) groups excluding carboxylic acids is 2. The number of carboxylic acid groups (broad SMARTS) is 1. The van der Waals surface area contributed by atoms with E-state index in [-0.39, 0.29) is 12.0 Å². The number of carbonyl (C=O) groups is 3. The molecule has 1 heterocycles. The second-order valence-corrected chi connectivity index (χ2v) is 9.11. The van der Waals surface area contributed by atoms with Crippen LogP contribution in [0.4, 0.5) is 16.2 Å². The number of hydrogen-bond donors (Lipinski definition) is 2. The summed E-state index contributed by atoms with van der Waals surface area (Å²) < 4.78 is 10.6. The molecule has 2 aromatic carbocycles. The van der Waals surface area contributed by atoms with E-state index in [4.69, 9.17) is 14.6 Å². The lowest BCUT2D eigenvalue weighted by Gasteiger charge is -2.36. The molecule has 1 fully saturated rings. The Labute approximate surface area is 199 Å². The minimum atomic E-state index is -1.05. The van der Waals surface area contributed by atoms with E-state index in [1.807, 2.05) is 39.8 Å². The number of ether oxygens (including phenoxy) is 2. The van der Waals surface area contributed by atoms with Crippen LogP contribution in [0.15, 0.2) is 42.5 Å². The van der Waals surface area contributed by atoms with Gasteiger partial charge in [-0.1, -0.05) is 0 Å². The molecule has 9 nitrogen and oxygen atoms in total. The average molecular weight is 470 g/mol. The fourth-order valence-electron chi connectivity index (χ4n) is 3.50. The number of benzene rings is 2. The lowest BCUT2D eigenvalue weighted by molar-refractivity contribution is -0.139. The maximum atomic E-state index is 12.7. The Kier molecular flexibility index (Phi) is 7.65. The molecule has 1 aliphatic rings. The summed E-state index contributed by atoms with van der Waals surface area (Å²) in [7, 11) is 0. The van der Waals surface area contributed by atoms with Gasteiger partial charge in [-0.15, -0.1) is 0 Å². The van der Waals surface area contributed by atoms with Crippen molar-refractivity contribution in [3.8, 4) is 5.75 Å². The van der Waals surface area contributed by atoms with Gasteiger partial charge in [-0.25, -0.2) is 9.59 Å². The molecule has 34 heavy (non-hydrogen) atoms. The molecule has 0 spiro atoms. The van der Waals surface area contributed by atoms with Gasteiger partial charge in [-0.2, -0.15) is 0 Å². The van der Waals surface area contributed by atoms with Crippen molar-refractivity contribution < 1.29 is 29.0 Å². The summed E-state index contributed by atoms with van der Waals surface area (Å²) >= 11 is 0. The SMILES string of the molecule is Cc1cc(OCC(=O)O)ccc1NC(=O)c1ccc(N2CCN(C(=O)OC(C)(C)C)CC2)cc1. The maximum Gasteiger partial charge on any atom is 0.410 e. The van der Waals surface area contributed by atoms with Crippen LogP contribution in [0.2, 0.25) is 0 Å². The van der Waals surface area contributed by atoms with Crippen molar-refractivity contribution in [3.05, 3.63) is 53.6 Å². The zero-order valence-corrected chi connectivity index (χ0v) is 20.0. The van der Waals surface area contributed by atoms with Gasteiger partial charge in [-0.05, 0) is 75.7 Å². The fraction of sp³-hybridized carbons (Fsp3) is 0.400. The highest BCUT2D eigenvalue weighted by Gasteiger charge is 2.26. The third kappa shape index (κ3) is 6.87. The summed E-state index contributed by atoms with van der Waals surface area (Å²) in [4.78, 5) is 39.4. The van der Waals surface area contributed by atoms with E-state index in [1.54, 1.807) is 35.2 Å². The maximum absolute atomic E-state index is 12.7. The van der Waals surface area contributed by atoms with Crippen molar-refractivity contribution >= 4 is 29.3 Å². The van der Waals surface area contributed by atoms with Crippen LogP contribution in [0.5, 0.6) is 5.75 Å². The number of amides is 2. The van der Waals surface area contributed by atoms with Crippen molar-refractivity contribution in [3.63, 3.8) is 0 Å². The Morgan fingerprint density at radius 3 is 2.21 bits per heavy atom. The highest BCUT2D eigenvalue weighted by atomic mass is 16.6. The van der Waals surface area contributed by atoms with Gasteiger partial charge in [0.05, 0.1) is 0 Å². The molecule has 0 radical (unpaired) electrons. The number of aryl methyl sites for hydroxylation is 1. The molecule has 2 amide bonds. The summed E-state index contributed by atoms with van der Waals surface area (Å²) in [5, 5.41) is 11.6. The summed E-state index contributed by atoms with van der Waals surface area (Å²) in [5.41, 5.74) is 2.36. The van der Waals surface area contributed by atoms with Crippen LogP contribution in [-0.4, -0.2) is 66.4 Å². The van der Waals surface area contributed by atoms with Gasteiger partial charge in [0.2, 0.25) is 0 Å². The second-order valence-electron chi connectivity index (χ2n) is 9.11. The van der Waals surface area contributed by atoms with Gasteiger partial charge < -0.3 is 29.7 Å². The Bertz CT molecular complexity index is 1040. The fourth-order valence-corrected chi connectivity index (χ4v) is 3.50. The topological polar surface area (TPSA) is 108 Å². The minimum Gasteiger partial charge on any atom is -0.482 e. The Morgan fingerprint density at radius 2 is 1.65 bits per heavy atom. The van der Waals surface area contributed by atoms with Crippen LogP contribution in [0.1, 0.15) is 36.7 Å². The molecule has 1 aliphatic heterocycles. The first-order valence-electron chi connectivity index (χ1n) is 11.1. The third-order valence-corrected chi connectivity index (χ3v) is 5.23. The van der Waals surface area contributed by atoms with Crippen LogP contribution in [-0.2, 0) is 9.53 Å². The van der Waals surface area contributed by atoms with Gasteiger partial charge in [0.1, 0.15) is 11.4 Å². The second kappa shape index (κ2) is 10.5. The van der Waals surface area contributed by atoms with Crippen LogP contribution in [0.25, 0.3) is 0 Å². The number of carboxylic acids is 1. The summed E-state index contributed by atoms with van der Waals surface area (Å²) in [6.45, 7) is 9.45. The molecular weight excluding hydrogens is 438 g/mol. The van der Waals surface area contributed by atoms with Gasteiger partial charge in [0.25, 0.3) is 5.91 Å². The molecule has 0 unspecified atom stereocenters. The van der Waals surface area contributed by atoms with Crippen LogP contribution < -0.4 is 15.0 Å². The molecular formula is C25H31N3O6. The van der Waals surface area contributed by atoms with E-state index in [2.05, 4.69) is 10.2 Å². The van der Waals surface area contributed by atoms with Crippen molar-refractivity contribution in [2.24, 2.45) is 0 Å². The number of nitrogens with zero attached hydrogens (tertiary/aromatic N) is 2. The van der Waals surface area contributed by atoms with Crippen LogP contribution >= 0.6 is 0 Å². The molecule has 0 saturated carbocycles. The Hall–Kier alpha value is -3.75. The average Bonchev–Trinajstić information content (AvgIpc) is 2.78. The van der Waals surface area contributed by atoms with Crippen molar-refractivity contribution in [1.29, 1.82) is 0 Å². The Morgan fingerprint density at radius 1 is 1.00 bits per heavy atom. The van der Waals surface area contributed by atoms with Gasteiger partial charge in [0.15, 0.2) is 6.61 Å². The van der Waals surface area contributed by atoms with Crippen molar-refractivity contribution in [2.75, 3.05) is 43.0 Å². The van der Waals surface area contributed by atoms with E-state index in [1.165, 1.54) is 0 Å². The lowest BCUT2D eigenvalue weighted by Crippen LogP contribution is -2.50. The van der Waals surface area contributed by atoms with E-state index < -0.39 is 18.2 Å². The highest BCUT2D eigenvalue weighted by Crippen LogP contribution is 2.23. The van der Waals surface area contributed by atoms with E-state index >= 15 is 0 Å². The first-order valence-corrected chi connectivity index (χ1v) is 11.1. The van der Waals surface area contributed by atoms with Crippen molar-refractivity contribution in [2.45, 2.75) is 33.3 Å². The van der Waals surface area contributed by atoms with E-state index in [9.17, 15) is 14.4 Å². The summed E-state index contributed by atoms with van der Waals surface area (Å²) in [6, 6.07) is 12.3. The normalized spacial score (nSPS) is 13.9. The largest absolute Gasteiger partial charge is 0.482 e. The van der Waals surface area contributed by atoms with Gasteiger partial charge >= 0.3 is 12.1 Å². The predicted molar refractivity (Wildman–Crippen MR) is 129 cm³/mol. The summed E-state index contributed by atoms with van der Waals surface area (Å²) in [6.07, 6.45) is -0.295. The Balaban J connectivity index is 1.55. The number of hydrogen-bond acceptors (Lipinski definition) is 6. The van der Waals surface area contributed by atoms with E-state index in [0.717, 1.165) is 11.3 Å². The lowest BCUT2D eigenvalue weighted by atomic mass is 10.1. The number of rotatable bonds is 6. The van der Waals surface area contributed by atoms with Crippen molar-refractivity contribution in [1.82, 2.24) is 4.90 Å². The smallest absolute Gasteiger partial charge is 0.410 e. The van der Waals surface area contributed by atoms with Gasteiger partial charge in [-0.3, -0.25) is 4.79 Å². The quantitative estimate of drug-likeness (QED) is 0.663. The zero-order chi connectivity index (χ0) is 24.9. The molecule has 0 aliphatic carbocycles. The third-order valence-electron chi connectivity index (χ3n) is 5.23. The molecule has 0 bridgehead atoms. The summed E-state index contributed by atoms with van der Waals surface area (Å²) in [5.74, 6) is -0.874. The van der Waals surface area contributed by atoms with Crippen LogP contribution in [0, 0.1) is 6.92 Å². The molecule has 0 atom stereocenters. The predicted octanol–water partition coefficient (Wildman–Crippen LogP) is 3.77. The number of nitrogens with one attached hydrogen (secondary N) is 1. The molecule has 2 aromatic rings. The molecule has 9 heteroatoms. The number of aliphatic carboxylic acids is 1. The zero-order valence-electron chi connectivity index (χ0n) is 20.0. The molecule has 0 aromatic heterocycles. The standard InChI is InChI=1S/C25H31N3O6/c1-17-15-20(33-16-22(29)30)9-10-21(17)26-23(31)18-5-7-19(8-6-18)27-11-13-28(14-12-27)24(32)34-25(2,3)4/h5-10,15H,11-14,16H2,1-4H3,(H,26,31)(H,29,30). The highest BCUT2D eigenvalue weighted by molar-refractivity contribution is 6.04. The molecule has 2 N–H and O–H groups in total. The molecule has 3 rings (SSSR count).